The van der Waals surface area contributed by atoms with E-state index in [-0.39, 0.29) is 27.7 Å². The van der Waals surface area contributed by atoms with Crippen LogP contribution in [-0.4, -0.2) is 70.2 Å². The number of rotatable bonds is 7. The van der Waals surface area contributed by atoms with Gasteiger partial charge >= 0.3 is 0 Å². The molecule has 14 heteroatoms. The third-order valence-electron chi connectivity index (χ3n) is 12.1. The molecule has 4 aliphatic rings. The monoisotopic (exact) mass is 793 g/mol. The lowest BCUT2D eigenvalue weighted by Crippen LogP contribution is -2.43. The van der Waals surface area contributed by atoms with Crippen LogP contribution in [-0.2, 0) is 17.3 Å². The number of piperidine rings is 1. The van der Waals surface area contributed by atoms with E-state index >= 15 is 0 Å². The van der Waals surface area contributed by atoms with E-state index in [1.807, 2.05) is 38.1 Å². The van der Waals surface area contributed by atoms with Crippen molar-refractivity contribution in [2.45, 2.75) is 64.7 Å². The maximum atomic E-state index is 13.6. The lowest BCUT2D eigenvalue weighted by Gasteiger charge is -2.38. The molecule has 1 saturated heterocycles. The van der Waals surface area contributed by atoms with E-state index in [0.29, 0.717) is 17.8 Å². The predicted molar refractivity (Wildman–Crippen MR) is 223 cm³/mol. The summed E-state index contributed by atoms with van der Waals surface area (Å²) in [5, 5.41) is 6.63. The Hall–Kier alpha value is -5.17. The zero-order valence-electron chi connectivity index (χ0n) is 33.6. The molecule has 2 bridgehead atoms. The van der Waals surface area contributed by atoms with Crippen molar-refractivity contribution >= 4 is 52.1 Å². The molecule has 1 saturated carbocycles. The number of halogens is 3. The summed E-state index contributed by atoms with van der Waals surface area (Å²) in [6.07, 6.45) is 5.04. The highest BCUT2D eigenvalue weighted by atomic mass is 35.5. The Morgan fingerprint density at radius 1 is 0.719 bits per heavy atom. The van der Waals surface area contributed by atoms with Crippen LogP contribution in [0, 0.1) is 36.3 Å². The lowest BCUT2D eigenvalue weighted by atomic mass is 9.82. The number of nitrogens with one attached hydrogen (secondary N) is 2. The van der Waals surface area contributed by atoms with Gasteiger partial charge in [0.15, 0.2) is 0 Å². The van der Waals surface area contributed by atoms with Crippen LogP contribution in [0.3, 0.4) is 0 Å². The molecule has 298 valence electrons. The average molecular weight is 794 g/mol. The van der Waals surface area contributed by atoms with Crippen molar-refractivity contribution in [1.29, 1.82) is 0 Å². The van der Waals surface area contributed by atoms with Crippen molar-refractivity contribution in [3.05, 3.63) is 100 Å². The van der Waals surface area contributed by atoms with Gasteiger partial charge in [-0.1, -0.05) is 27.7 Å². The molecule has 5 aromatic rings. The van der Waals surface area contributed by atoms with Gasteiger partial charge in [0.05, 0.1) is 0 Å². The standard InChI is InChI=1S/C28H34FN7.C15H16ClFN4/c1-17-11-24(32-16-31-17)35-13-18-5-6-19(14-35)22(18)12-23-33-26(30-4)25-27(34-23)36(15-28(25,2)3)21-9-7-20(29)8-10-21;1-15(2)8-21(10-6-4-9(17)5-7-10)13-11(15)12(18-3)19-14(16)20-13/h7-11,16,18-19,22H,5-6,12-15H2,1-4H3,(H,30,33,34);4-7H,8H2,1-3H3,(H,18,19,20). The summed E-state index contributed by atoms with van der Waals surface area (Å²) in [7, 11) is 3.75. The van der Waals surface area contributed by atoms with E-state index in [0.717, 1.165) is 95.7 Å². The van der Waals surface area contributed by atoms with Crippen molar-refractivity contribution in [3.63, 3.8) is 0 Å². The van der Waals surface area contributed by atoms with Gasteiger partial charge in [0.2, 0.25) is 5.28 Å². The van der Waals surface area contributed by atoms with Crippen LogP contribution < -0.4 is 25.3 Å². The second kappa shape index (κ2) is 15.0. The fourth-order valence-electron chi connectivity index (χ4n) is 9.45. The van der Waals surface area contributed by atoms with Gasteiger partial charge in [0.25, 0.3) is 0 Å². The summed E-state index contributed by atoms with van der Waals surface area (Å²) in [5.74, 6) is 6.61. The van der Waals surface area contributed by atoms with Gasteiger partial charge in [-0.25, -0.2) is 33.7 Å². The first kappa shape index (κ1) is 38.7. The third kappa shape index (κ3) is 7.42. The Morgan fingerprint density at radius 2 is 1.23 bits per heavy atom. The molecule has 2 unspecified atom stereocenters. The van der Waals surface area contributed by atoms with Gasteiger partial charge in [0.1, 0.15) is 52.9 Å². The Morgan fingerprint density at radius 3 is 1.74 bits per heavy atom. The molecular formula is C43H50ClF2N11. The van der Waals surface area contributed by atoms with Crippen molar-refractivity contribution in [2.75, 3.05) is 65.6 Å². The minimum absolute atomic E-state index is 0.124. The van der Waals surface area contributed by atoms with Crippen LogP contribution in [0.1, 0.15) is 63.2 Å². The summed E-state index contributed by atoms with van der Waals surface area (Å²) < 4.78 is 26.8. The number of aryl methyl sites for hydroxylation is 1. The second-order valence-corrected chi connectivity index (χ2v) is 17.3. The van der Waals surface area contributed by atoms with E-state index in [1.54, 1.807) is 18.5 Å². The van der Waals surface area contributed by atoms with Crippen LogP contribution in [0.2, 0.25) is 5.28 Å². The number of benzene rings is 2. The molecule has 1 aliphatic carbocycles. The van der Waals surface area contributed by atoms with E-state index in [1.165, 1.54) is 37.1 Å². The van der Waals surface area contributed by atoms with Gasteiger partial charge in [-0.15, -0.1) is 0 Å². The Kier molecular flexibility index (Phi) is 10.2. The van der Waals surface area contributed by atoms with Crippen LogP contribution >= 0.6 is 11.6 Å². The van der Waals surface area contributed by atoms with Gasteiger partial charge in [0, 0.05) is 91.8 Å². The molecular weight excluding hydrogens is 744 g/mol. The Bertz CT molecular complexity index is 2250. The van der Waals surface area contributed by atoms with Gasteiger partial charge in [-0.05, 0) is 97.7 Å². The van der Waals surface area contributed by atoms with Crippen molar-refractivity contribution < 1.29 is 8.78 Å². The van der Waals surface area contributed by atoms with Gasteiger partial charge < -0.3 is 25.3 Å². The Labute approximate surface area is 338 Å². The number of fused-ring (bicyclic) bond motifs is 4. The van der Waals surface area contributed by atoms with Crippen LogP contribution in [0.15, 0.2) is 60.9 Å². The molecule has 2 aromatic carbocycles. The maximum Gasteiger partial charge on any atom is 0.226 e. The number of hydrogen-bond donors (Lipinski definition) is 2. The average Bonchev–Trinajstić information content (AvgIpc) is 3.70. The normalized spacial score (nSPS) is 21.2. The molecule has 2 fully saturated rings. The van der Waals surface area contributed by atoms with E-state index < -0.39 is 0 Å². The maximum absolute atomic E-state index is 13.6. The summed E-state index contributed by atoms with van der Waals surface area (Å²) in [6, 6.07) is 15.2. The van der Waals surface area contributed by atoms with E-state index in [2.05, 4.69) is 74.1 Å². The largest absolute Gasteiger partial charge is 0.373 e. The molecule has 0 spiro atoms. The second-order valence-electron chi connectivity index (χ2n) is 17.0. The third-order valence-corrected chi connectivity index (χ3v) is 12.3. The van der Waals surface area contributed by atoms with Crippen LogP contribution in [0.4, 0.5) is 49.2 Å². The highest BCUT2D eigenvalue weighted by Crippen LogP contribution is 2.49. The van der Waals surface area contributed by atoms with Gasteiger partial charge in [-0.2, -0.15) is 4.98 Å². The summed E-state index contributed by atoms with van der Waals surface area (Å²) in [5.41, 5.74) is 4.76. The minimum atomic E-state index is -0.255. The highest BCUT2D eigenvalue weighted by molar-refractivity contribution is 6.28. The highest BCUT2D eigenvalue weighted by Gasteiger charge is 2.45. The molecule has 2 atom stereocenters. The van der Waals surface area contributed by atoms with E-state index in [9.17, 15) is 8.78 Å². The van der Waals surface area contributed by atoms with Gasteiger partial charge in [-0.3, -0.25) is 0 Å². The minimum Gasteiger partial charge on any atom is -0.373 e. The first-order valence-electron chi connectivity index (χ1n) is 19.7. The number of nitrogens with zero attached hydrogens (tertiary/aromatic N) is 9. The van der Waals surface area contributed by atoms with Crippen LogP contribution in [0.25, 0.3) is 0 Å². The zero-order valence-corrected chi connectivity index (χ0v) is 34.4. The van der Waals surface area contributed by atoms with Crippen molar-refractivity contribution in [3.8, 4) is 0 Å². The van der Waals surface area contributed by atoms with Crippen molar-refractivity contribution in [1.82, 2.24) is 29.9 Å². The summed E-state index contributed by atoms with van der Waals surface area (Å²) in [6.45, 7) is 14.3. The summed E-state index contributed by atoms with van der Waals surface area (Å²) in [4.78, 5) is 34.3. The lowest BCUT2D eigenvalue weighted by molar-refractivity contribution is 0.265. The number of anilines is 7. The van der Waals surface area contributed by atoms with Crippen LogP contribution in [0.5, 0.6) is 0 Å². The molecule has 2 N–H and O–H groups in total. The number of aromatic nitrogens is 6. The molecule has 3 aromatic heterocycles. The topological polar surface area (TPSA) is 111 Å². The fraction of sp³-hybridized carbons (Fsp3) is 0.442. The molecule has 57 heavy (non-hydrogen) atoms. The van der Waals surface area contributed by atoms with Crippen molar-refractivity contribution in [2.24, 2.45) is 17.8 Å². The molecule has 0 radical (unpaired) electrons. The molecule has 11 nitrogen and oxygen atoms in total. The first-order chi connectivity index (χ1) is 27.2. The molecule has 0 amide bonds. The Balaban J connectivity index is 0.000000184. The summed E-state index contributed by atoms with van der Waals surface area (Å²) >= 11 is 6.03. The predicted octanol–water partition coefficient (Wildman–Crippen LogP) is 8.63. The number of hydrogen-bond acceptors (Lipinski definition) is 11. The molecule has 3 aliphatic heterocycles. The fourth-order valence-corrected chi connectivity index (χ4v) is 9.62. The van der Waals surface area contributed by atoms with E-state index in [4.69, 9.17) is 21.6 Å². The zero-order chi connectivity index (χ0) is 40.2. The quantitative estimate of drug-likeness (QED) is 0.155. The molecule has 9 rings (SSSR count). The smallest absolute Gasteiger partial charge is 0.226 e. The molecule has 6 heterocycles. The first-order valence-corrected chi connectivity index (χ1v) is 20.1. The SMILES string of the molecule is CNc1nc(CC2C3CCC2CN(c2cc(C)ncn2)C3)nc2c1C(C)(C)CN2c1ccc(F)cc1.CNc1nc(Cl)nc2c1C(C)(C)CN2c1ccc(F)cc1.